The van der Waals surface area contributed by atoms with Crippen LogP contribution in [0.15, 0.2) is 30.3 Å². The predicted octanol–water partition coefficient (Wildman–Crippen LogP) is 1.68. The van der Waals surface area contributed by atoms with E-state index in [1.54, 1.807) is 7.05 Å². The number of carbonyl (C=O) groups is 1. The lowest BCUT2D eigenvalue weighted by Crippen LogP contribution is -2.44. The Bertz CT molecular complexity index is 325. The molecule has 1 aromatic rings. The molecule has 0 fully saturated rings. The lowest BCUT2D eigenvalue weighted by molar-refractivity contribution is -0.121. The van der Waals surface area contributed by atoms with Crippen molar-refractivity contribution in [2.24, 2.45) is 0 Å². The van der Waals surface area contributed by atoms with Gasteiger partial charge in [-0.05, 0) is 26.5 Å². The Hall–Kier alpha value is -1.06. The smallest absolute Gasteiger partial charge is 0.234 e. The number of hydrogen-bond donors (Lipinski definition) is 2. The summed E-state index contributed by atoms with van der Waals surface area (Å²) >= 11 is 0. The minimum atomic E-state index is -0.324. The summed E-state index contributed by atoms with van der Waals surface area (Å²) in [6.07, 6.45) is 0. The number of amides is 1. The van der Waals surface area contributed by atoms with Gasteiger partial charge in [-0.3, -0.25) is 4.79 Å². The summed E-state index contributed by atoms with van der Waals surface area (Å²) < 4.78 is 0. The van der Waals surface area contributed by atoms with Crippen LogP contribution < -0.4 is 10.6 Å². The highest BCUT2D eigenvalue weighted by Crippen LogP contribution is 2.18. The zero-order valence-corrected chi connectivity index (χ0v) is 10.7. The maximum absolute atomic E-state index is 11.5. The van der Waals surface area contributed by atoms with Crippen LogP contribution in [-0.4, -0.2) is 19.5 Å². The van der Waals surface area contributed by atoms with Crippen molar-refractivity contribution in [1.82, 2.24) is 10.6 Å². The fourth-order valence-electron chi connectivity index (χ4n) is 1.48. The highest BCUT2D eigenvalue weighted by molar-refractivity contribution is 5.85. The van der Waals surface area contributed by atoms with Crippen LogP contribution in [0.2, 0.25) is 0 Å². The van der Waals surface area contributed by atoms with E-state index < -0.39 is 0 Å². The Morgan fingerprint density at radius 1 is 1.25 bits per heavy atom. The van der Waals surface area contributed by atoms with Gasteiger partial charge < -0.3 is 10.6 Å². The highest BCUT2D eigenvalue weighted by Gasteiger charge is 2.21. The van der Waals surface area contributed by atoms with E-state index in [2.05, 4.69) is 10.6 Å². The lowest BCUT2D eigenvalue weighted by atomic mass is 9.94. The molecule has 0 radical (unpaired) electrons. The second kappa shape index (κ2) is 6.51. The second-order valence-corrected chi connectivity index (χ2v) is 4.07. The Morgan fingerprint density at radius 3 is 2.31 bits per heavy atom. The average Bonchev–Trinajstić information content (AvgIpc) is 2.18. The molecule has 3 nitrogen and oxygen atoms in total. The minimum Gasteiger partial charge on any atom is -0.346 e. The van der Waals surface area contributed by atoms with Gasteiger partial charge >= 0.3 is 0 Å². The van der Waals surface area contributed by atoms with Crippen molar-refractivity contribution in [1.29, 1.82) is 0 Å². The standard InChI is InChI=1S/C12H18N2O.ClH/c1-12(2,14-11(15)9-13-3)10-7-5-4-6-8-10;/h4-8,13H,9H2,1-3H3,(H,14,15);1H. The first-order valence-electron chi connectivity index (χ1n) is 5.07. The number of nitrogens with one attached hydrogen (secondary N) is 2. The quantitative estimate of drug-likeness (QED) is 0.844. The molecule has 1 rings (SSSR count). The first-order chi connectivity index (χ1) is 7.06. The highest BCUT2D eigenvalue weighted by atomic mass is 35.5. The molecule has 0 aliphatic carbocycles. The molecule has 0 unspecified atom stereocenters. The van der Waals surface area contributed by atoms with Crippen LogP contribution in [-0.2, 0) is 10.3 Å². The van der Waals surface area contributed by atoms with Gasteiger partial charge in [-0.2, -0.15) is 0 Å². The second-order valence-electron chi connectivity index (χ2n) is 4.07. The van der Waals surface area contributed by atoms with E-state index >= 15 is 0 Å². The normalized spacial score (nSPS) is 10.4. The van der Waals surface area contributed by atoms with Crippen molar-refractivity contribution in [2.45, 2.75) is 19.4 Å². The van der Waals surface area contributed by atoms with Gasteiger partial charge in [0.05, 0.1) is 12.1 Å². The number of benzene rings is 1. The van der Waals surface area contributed by atoms with Gasteiger partial charge in [0.15, 0.2) is 0 Å². The van der Waals surface area contributed by atoms with E-state index in [4.69, 9.17) is 0 Å². The Kier molecular flexibility index (Phi) is 6.08. The van der Waals surface area contributed by atoms with E-state index in [-0.39, 0.29) is 23.9 Å². The Morgan fingerprint density at radius 2 is 1.81 bits per heavy atom. The summed E-state index contributed by atoms with van der Waals surface area (Å²) in [4.78, 5) is 11.5. The summed E-state index contributed by atoms with van der Waals surface area (Å²) in [6.45, 7) is 4.34. The molecule has 0 saturated heterocycles. The molecule has 0 aliphatic rings. The molecule has 1 amide bonds. The lowest BCUT2D eigenvalue weighted by Gasteiger charge is -2.26. The van der Waals surface area contributed by atoms with Crippen molar-refractivity contribution < 1.29 is 4.79 Å². The van der Waals surface area contributed by atoms with Crippen LogP contribution in [0, 0.1) is 0 Å². The van der Waals surface area contributed by atoms with Gasteiger partial charge in [0.2, 0.25) is 5.91 Å². The molecule has 90 valence electrons. The van der Waals surface area contributed by atoms with E-state index in [1.807, 2.05) is 44.2 Å². The molecule has 16 heavy (non-hydrogen) atoms. The molecular formula is C12H19ClN2O. The van der Waals surface area contributed by atoms with Crippen LogP contribution in [0.5, 0.6) is 0 Å². The molecule has 2 N–H and O–H groups in total. The SMILES string of the molecule is CNCC(=O)NC(C)(C)c1ccccc1.Cl. The molecule has 0 atom stereocenters. The Balaban J connectivity index is 0.00000225. The third-order valence-corrected chi connectivity index (χ3v) is 2.28. The maximum Gasteiger partial charge on any atom is 0.234 e. The van der Waals surface area contributed by atoms with Crippen LogP contribution in [0.4, 0.5) is 0 Å². The van der Waals surface area contributed by atoms with Gasteiger partial charge in [-0.25, -0.2) is 0 Å². The predicted molar refractivity (Wildman–Crippen MR) is 68.8 cm³/mol. The van der Waals surface area contributed by atoms with Crippen molar-refractivity contribution in [3.63, 3.8) is 0 Å². The average molecular weight is 243 g/mol. The summed E-state index contributed by atoms with van der Waals surface area (Å²) in [5, 5.41) is 5.80. The molecule has 0 bridgehead atoms. The minimum absolute atomic E-state index is 0. The first kappa shape index (κ1) is 14.9. The van der Waals surface area contributed by atoms with Crippen molar-refractivity contribution in [2.75, 3.05) is 13.6 Å². The van der Waals surface area contributed by atoms with Crippen molar-refractivity contribution in [3.05, 3.63) is 35.9 Å². The molecule has 0 heterocycles. The van der Waals surface area contributed by atoms with Gasteiger partial charge in [-0.15, -0.1) is 12.4 Å². The third-order valence-electron chi connectivity index (χ3n) is 2.28. The summed E-state index contributed by atoms with van der Waals surface area (Å²) in [5.41, 5.74) is 0.782. The van der Waals surface area contributed by atoms with E-state index in [9.17, 15) is 4.79 Å². The Labute approximate surface area is 103 Å². The number of carbonyl (C=O) groups excluding carboxylic acids is 1. The van der Waals surface area contributed by atoms with Gasteiger partial charge in [0.1, 0.15) is 0 Å². The van der Waals surface area contributed by atoms with Crippen molar-refractivity contribution >= 4 is 18.3 Å². The van der Waals surface area contributed by atoms with Gasteiger partial charge in [0, 0.05) is 0 Å². The van der Waals surface area contributed by atoms with Gasteiger partial charge in [-0.1, -0.05) is 30.3 Å². The van der Waals surface area contributed by atoms with E-state index in [0.717, 1.165) is 5.56 Å². The molecule has 0 aromatic heterocycles. The number of halogens is 1. The monoisotopic (exact) mass is 242 g/mol. The number of rotatable bonds is 4. The fourth-order valence-corrected chi connectivity index (χ4v) is 1.48. The van der Waals surface area contributed by atoms with Crippen LogP contribution in [0.25, 0.3) is 0 Å². The van der Waals surface area contributed by atoms with Crippen LogP contribution >= 0.6 is 12.4 Å². The fraction of sp³-hybridized carbons (Fsp3) is 0.417. The molecule has 0 saturated carbocycles. The zero-order valence-electron chi connectivity index (χ0n) is 9.91. The molecule has 0 spiro atoms. The van der Waals surface area contributed by atoms with E-state index in [0.29, 0.717) is 6.54 Å². The van der Waals surface area contributed by atoms with Gasteiger partial charge in [0.25, 0.3) is 0 Å². The molecule has 1 aromatic carbocycles. The largest absolute Gasteiger partial charge is 0.346 e. The molecular weight excluding hydrogens is 224 g/mol. The summed E-state index contributed by atoms with van der Waals surface area (Å²) in [5.74, 6) is 0.00588. The van der Waals surface area contributed by atoms with Crippen LogP contribution in [0.1, 0.15) is 19.4 Å². The van der Waals surface area contributed by atoms with E-state index in [1.165, 1.54) is 0 Å². The number of hydrogen-bond acceptors (Lipinski definition) is 2. The van der Waals surface area contributed by atoms with Crippen molar-refractivity contribution in [3.8, 4) is 0 Å². The molecule has 0 aliphatic heterocycles. The molecule has 4 heteroatoms. The number of likely N-dealkylation sites (N-methyl/N-ethyl adjacent to an activating group) is 1. The zero-order chi connectivity index (χ0) is 11.3. The summed E-state index contributed by atoms with van der Waals surface area (Å²) in [7, 11) is 1.76. The summed E-state index contributed by atoms with van der Waals surface area (Å²) in [6, 6.07) is 9.94. The topological polar surface area (TPSA) is 41.1 Å². The first-order valence-corrected chi connectivity index (χ1v) is 5.07. The maximum atomic E-state index is 11.5. The van der Waals surface area contributed by atoms with Crippen LogP contribution in [0.3, 0.4) is 0 Å². The third kappa shape index (κ3) is 4.21.